The molecule has 0 N–H and O–H groups in total. The highest BCUT2D eigenvalue weighted by Crippen LogP contribution is 2.29. The van der Waals surface area contributed by atoms with Gasteiger partial charge in [-0.25, -0.2) is 8.42 Å². The molecule has 0 unspecified atom stereocenters. The molecule has 0 aliphatic heterocycles. The Morgan fingerprint density at radius 3 is 2.53 bits per heavy atom. The molecule has 0 heterocycles. The van der Waals surface area contributed by atoms with Crippen LogP contribution in [0.3, 0.4) is 0 Å². The average molecular weight is 249 g/mol. The molecule has 0 saturated heterocycles. The lowest BCUT2D eigenvalue weighted by Gasteiger charge is -2.17. The zero-order valence-electron chi connectivity index (χ0n) is 10.0. The van der Waals surface area contributed by atoms with E-state index < -0.39 is 14.6 Å². The largest absolute Gasteiger partial charge is 0.222 e. The van der Waals surface area contributed by atoms with Gasteiger partial charge in [-0.2, -0.15) is 5.26 Å². The van der Waals surface area contributed by atoms with E-state index >= 15 is 0 Å². The summed E-state index contributed by atoms with van der Waals surface area (Å²) in [7, 11) is -3.57. The second-order valence-electron chi connectivity index (χ2n) is 4.91. The third-order valence-electron chi connectivity index (χ3n) is 3.32. The van der Waals surface area contributed by atoms with Crippen LogP contribution in [0.1, 0.15) is 31.4 Å². The molecule has 0 aromatic heterocycles. The third-order valence-corrected chi connectivity index (χ3v) is 5.63. The summed E-state index contributed by atoms with van der Waals surface area (Å²) >= 11 is 0. The summed E-state index contributed by atoms with van der Waals surface area (Å²) < 4.78 is 23.1. The zero-order valence-corrected chi connectivity index (χ0v) is 10.8. The summed E-state index contributed by atoms with van der Waals surface area (Å²) in [6, 6.07) is 7.09. The first-order chi connectivity index (χ1) is 7.88. The Morgan fingerprint density at radius 1 is 1.24 bits per heavy atom. The SMILES string of the molecule is CC(C)(C#N)S(=O)(=O)c1ccc2c(c1)CCC2. The highest BCUT2D eigenvalue weighted by atomic mass is 32.2. The fourth-order valence-corrected chi connectivity index (χ4v) is 3.32. The fraction of sp³-hybridized carbons (Fsp3) is 0.462. The lowest BCUT2D eigenvalue weighted by Crippen LogP contribution is -2.30. The van der Waals surface area contributed by atoms with Crippen molar-refractivity contribution in [3.63, 3.8) is 0 Å². The normalized spacial score (nSPS) is 15.4. The Bertz CT molecular complexity index is 594. The minimum absolute atomic E-state index is 0.268. The molecule has 1 aliphatic rings. The molecule has 0 fully saturated rings. The van der Waals surface area contributed by atoms with Gasteiger partial charge in [0.2, 0.25) is 0 Å². The van der Waals surface area contributed by atoms with E-state index in [9.17, 15) is 8.42 Å². The van der Waals surface area contributed by atoms with E-state index in [1.165, 1.54) is 19.4 Å². The van der Waals surface area contributed by atoms with Gasteiger partial charge in [-0.05, 0) is 56.4 Å². The summed E-state index contributed by atoms with van der Waals surface area (Å²) in [5, 5.41) is 8.96. The first-order valence-corrected chi connectivity index (χ1v) is 7.14. The molecule has 0 amide bonds. The summed E-state index contributed by atoms with van der Waals surface area (Å²) in [6.45, 7) is 2.88. The molecule has 1 aliphatic carbocycles. The molecule has 0 radical (unpaired) electrons. The van der Waals surface area contributed by atoms with E-state index in [0.29, 0.717) is 0 Å². The Kier molecular flexibility index (Phi) is 2.75. The lowest BCUT2D eigenvalue weighted by atomic mass is 10.1. The Balaban J connectivity index is 2.53. The van der Waals surface area contributed by atoms with Crippen LogP contribution in [0.4, 0.5) is 0 Å². The van der Waals surface area contributed by atoms with Gasteiger partial charge in [0.1, 0.15) is 0 Å². The molecular formula is C13H15NO2S. The first kappa shape index (κ1) is 12.1. The van der Waals surface area contributed by atoms with Crippen molar-refractivity contribution in [2.24, 2.45) is 0 Å². The van der Waals surface area contributed by atoms with E-state index in [0.717, 1.165) is 24.8 Å². The molecule has 1 aromatic carbocycles. The molecule has 0 spiro atoms. The van der Waals surface area contributed by atoms with E-state index in [-0.39, 0.29) is 4.90 Å². The highest BCUT2D eigenvalue weighted by molar-refractivity contribution is 7.93. The summed E-state index contributed by atoms with van der Waals surface area (Å²) in [4.78, 5) is 0.268. The summed E-state index contributed by atoms with van der Waals surface area (Å²) in [5.41, 5.74) is 2.35. The van der Waals surface area contributed by atoms with Crippen molar-refractivity contribution in [2.75, 3.05) is 0 Å². The monoisotopic (exact) mass is 249 g/mol. The average Bonchev–Trinajstić information content (AvgIpc) is 2.75. The fourth-order valence-electron chi connectivity index (χ4n) is 2.07. The van der Waals surface area contributed by atoms with Crippen LogP contribution in [0.15, 0.2) is 23.1 Å². The number of hydrogen-bond acceptors (Lipinski definition) is 3. The van der Waals surface area contributed by atoms with Crippen LogP contribution in [-0.2, 0) is 22.7 Å². The van der Waals surface area contributed by atoms with E-state index in [1.807, 2.05) is 12.1 Å². The van der Waals surface area contributed by atoms with E-state index in [4.69, 9.17) is 5.26 Å². The number of benzene rings is 1. The number of aryl methyl sites for hydroxylation is 2. The maximum absolute atomic E-state index is 12.3. The topological polar surface area (TPSA) is 57.9 Å². The molecule has 4 heteroatoms. The summed E-state index contributed by atoms with van der Waals surface area (Å²) in [5.74, 6) is 0. The van der Waals surface area contributed by atoms with Crippen molar-refractivity contribution < 1.29 is 8.42 Å². The lowest BCUT2D eigenvalue weighted by molar-refractivity contribution is 0.574. The van der Waals surface area contributed by atoms with Crippen molar-refractivity contribution in [3.05, 3.63) is 29.3 Å². The number of nitriles is 1. The molecule has 17 heavy (non-hydrogen) atoms. The number of rotatable bonds is 2. The van der Waals surface area contributed by atoms with Gasteiger partial charge >= 0.3 is 0 Å². The van der Waals surface area contributed by atoms with Gasteiger partial charge in [0.15, 0.2) is 14.6 Å². The maximum Gasteiger partial charge on any atom is 0.196 e. The molecule has 90 valence electrons. The highest BCUT2D eigenvalue weighted by Gasteiger charge is 2.36. The van der Waals surface area contributed by atoms with Crippen LogP contribution < -0.4 is 0 Å². The second kappa shape index (κ2) is 3.85. The van der Waals surface area contributed by atoms with Gasteiger partial charge in [-0.3, -0.25) is 0 Å². The molecule has 0 saturated carbocycles. The first-order valence-electron chi connectivity index (χ1n) is 5.66. The second-order valence-corrected chi connectivity index (χ2v) is 7.41. The number of hydrogen-bond donors (Lipinski definition) is 0. The minimum atomic E-state index is -3.57. The van der Waals surface area contributed by atoms with Gasteiger partial charge in [0, 0.05) is 0 Å². The van der Waals surface area contributed by atoms with Gasteiger partial charge in [-0.1, -0.05) is 6.07 Å². The van der Waals surface area contributed by atoms with Crippen molar-refractivity contribution in [2.45, 2.75) is 42.8 Å². The van der Waals surface area contributed by atoms with Crippen molar-refractivity contribution in [1.29, 1.82) is 5.26 Å². The van der Waals surface area contributed by atoms with Gasteiger partial charge in [0.05, 0.1) is 11.0 Å². The Morgan fingerprint density at radius 2 is 1.88 bits per heavy atom. The number of nitrogens with zero attached hydrogens (tertiary/aromatic N) is 1. The van der Waals surface area contributed by atoms with Crippen LogP contribution in [-0.4, -0.2) is 13.2 Å². The predicted molar refractivity (Wildman–Crippen MR) is 65.3 cm³/mol. The standard InChI is InChI=1S/C13H15NO2S/c1-13(2,9-14)17(15,16)12-7-6-10-4-3-5-11(10)8-12/h6-8H,3-5H2,1-2H3. The quantitative estimate of drug-likeness (QED) is 0.807. The molecule has 0 atom stereocenters. The van der Waals surface area contributed by atoms with Gasteiger partial charge in [0.25, 0.3) is 0 Å². The van der Waals surface area contributed by atoms with Crippen LogP contribution in [0.25, 0.3) is 0 Å². The van der Waals surface area contributed by atoms with Crippen molar-refractivity contribution in [1.82, 2.24) is 0 Å². The van der Waals surface area contributed by atoms with Crippen molar-refractivity contribution in [3.8, 4) is 6.07 Å². The molecule has 1 aromatic rings. The van der Waals surface area contributed by atoms with Crippen molar-refractivity contribution >= 4 is 9.84 Å². The third kappa shape index (κ3) is 1.85. The summed E-state index contributed by atoms with van der Waals surface area (Å²) in [6.07, 6.45) is 3.05. The maximum atomic E-state index is 12.3. The van der Waals surface area contributed by atoms with Crippen LogP contribution in [0.5, 0.6) is 0 Å². The molecule has 2 rings (SSSR count). The van der Waals surface area contributed by atoms with Gasteiger partial charge in [-0.15, -0.1) is 0 Å². The smallest absolute Gasteiger partial charge is 0.196 e. The molecule has 0 bridgehead atoms. The molecule has 3 nitrogen and oxygen atoms in total. The Hall–Kier alpha value is -1.34. The van der Waals surface area contributed by atoms with E-state index in [1.54, 1.807) is 12.1 Å². The zero-order chi connectivity index (χ0) is 12.7. The van der Waals surface area contributed by atoms with E-state index in [2.05, 4.69) is 0 Å². The number of fused-ring (bicyclic) bond motifs is 1. The van der Waals surface area contributed by atoms with Crippen LogP contribution in [0.2, 0.25) is 0 Å². The van der Waals surface area contributed by atoms with Crippen LogP contribution in [0, 0.1) is 11.3 Å². The van der Waals surface area contributed by atoms with Crippen LogP contribution >= 0.6 is 0 Å². The Labute approximate surface area is 102 Å². The number of sulfone groups is 1. The molecular weight excluding hydrogens is 234 g/mol. The van der Waals surface area contributed by atoms with Gasteiger partial charge < -0.3 is 0 Å². The minimum Gasteiger partial charge on any atom is -0.222 e. The predicted octanol–water partition coefficient (Wildman–Crippen LogP) is 2.25.